The molecule has 0 saturated carbocycles. The Bertz CT molecular complexity index is 869. The summed E-state index contributed by atoms with van der Waals surface area (Å²) >= 11 is 0. The molecular weight excluding hydrogens is 383 g/mol. The minimum Gasteiger partial charge on any atom is -0.484 e. The van der Waals surface area contributed by atoms with E-state index >= 15 is 0 Å². The van der Waals surface area contributed by atoms with Crippen molar-refractivity contribution in [3.63, 3.8) is 0 Å². The zero-order chi connectivity index (χ0) is 20.7. The van der Waals surface area contributed by atoms with E-state index in [0.717, 1.165) is 6.07 Å². The largest absolute Gasteiger partial charge is 0.484 e. The molecule has 0 unspecified atom stereocenters. The molecule has 0 saturated heterocycles. The minimum absolute atomic E-state index is 0.0192. The van der Waals surface area contributed by atoms with E-state index in [1.54, 1.807) is 0 Å². The van der Waals surface area contributed by atoms with E-state index in [1.807, 2.05) is 0 Å². The van der Waals surface area contributed by atoms with Crippen molar-refractivity contribution >= 4 is 23.2 Å². The molecule has 28 heavy (non-hydrogen) atoms. The highest BCUT2D eigenvalue weighted by Gasteiger charge is 2.28. The molecule has 0 bridgehead atoms. The maximum Gasteiger partial charge on any atom is 0.422 e. The number of hydrogen-bond acceptors (Lipinski definition) is 5. The van der Waals surface area contributed by atoms with Crippen molar-refractivity contribution in [3.05, 3.63) is 64.2 Å². The van der Waals surface area contributed by atoms with Crippen LogP contribution in [0.3, 0.4) is 0 Å². The molecule has 0 aliphatic heterocycles. The SMILES string of the molecule is O=C(CNC(=O)c1cccc([N+](=O)[O-])c1)Nc1ccc(OCC(F)(F)F)cc1. The normalized spacial score (nSPS) is 10.8. The summed E-state index contributed by atoms with van der Waals surface area (Å²) in [7, 11) is 0. The summed E-state index contributed by atoms with van der Waals surface area (Å²) in [5.41, 5.74) is 0.0482. The van der Waals surface area contributed by atoms with Crippen LogP contribution in [-0.2, 0) is 4.79 Å². The van der Waals surface area contributed by atoms with Gasteiger partial charge in [-0.2, -0.15) is 13.2 Å². The lowest BCUT2D eigenvalue weighted by molar-refractivity contribution is -0.384. The van der Waals surface area contributed by atoms with Gasteiger partial charge in [-0.3, -0.25) is 19.7 Å². The predicted molar refractivity (Wildman–Crippen MR) is 92.1 cm³/mol. The molecule has 0 aliphatic rings. The molecule has 0 spiro atoms. The second kappa shape index (κ2) is 8.84. The Kier molecular flexibility index (Phi) is 6.53. The second-order valence-corrected chi connectivity index (χ2v) is 5.47. The third-order valence-corrected chi connectivity index (χ3v) is 3.27. The average Bonchev–Trinajstić information content (AvgIpc) is 2.65. The van der Waals surface area contributed by atoms with Crippen LogP contribution >= 0.6 is 0 Å². The number of carbonyl (C=O) groups excluding carboxylic acids is 2. The van der Waals surface area contributed by atoms with Gasteiger partial charge in [0.25, 0.3) is 11.6 Å². The fraction of sp³-hybridized carbons (Fsp3) is 0.176. The van der Waals surface area contributed by atoms with E-state index in [0.29, 0.717) is 0 Å². The number of carbonyl (C=O) groups is 2. The second-order valence-electron chi connectivity index (χ2n) is 5.47. The molecule has 2 N–H and O–H groups in total. The van der Waals surface area contributed by atoms with Crippen molar-refractivity contribution in [1.29, 1.82) is 0 Å². The summed E-state index contributed by atoms with van der Waals surface area (Å²) < 4.78 is 40.8. The molecular formula is C17H14F3N3O5. The highest BCUT2D eigenvalue weighted by molar-refractivity contribution is 5.99. The summed E-state index contributed by atoms with van der Waals surface area (Å²) in [5.74, 6) is -1.29. The average molecular weight is 397 g/mol. The Hall–Kier alpha value is -3.63. The van der Waals surface area contributed by atoms with Gasteiger partial charge in [-0.15, -0.1) is 0 Å². The number of alkyl halides is 3. The van der Waals surface area contributed by atoms with E-state index in [9.17, 15) is 32.9 Å². The Balaban J connectivity index is 1.84. The number of benzene rings is 2. The highest BCUT2D eigenvalue weighted by Crippen LogP contribution is 2.20. The van der Waals surface area contributed by atoms with E-state index in [1.165, 1.54) is 42.5 Å². The number of nitro benzene ring substituents is 1. The number of rotatable bonds is 7. The van der Waals surface area contributed by atoms with Crippen LogP contribution in [0.15, 0.2) is 48.5 Å². The molecule has 11 heteroatoms. The number of nitrogens with zero attached hydrogens (tertiary/aromatic N) is 1. The molecule has 0 aromatic heterocycles. The van der Waals surface area contributed by atoms with Gasteiger partial charge in [0.1, 0.15) is 5.75 Å². The summed E-state index contributed by atoms with van der Waals surface area (Å²) in [6.07, 6.45) is -4.45. The first-order valence-corrected chi connectivity index (χ1v) is 7.76. The maximum atomic E-state index is 12.1. The number of anilines is 1. The Morgan fingerprint density at radius 3 is 2.39 bits per heavy atom. The molecule has 0 heterocycles. The first-order chi connectivity index (χ1) is 13.1. The maximum absolute atomic E-state index is 12.1. The first-order valence-electron chi connectivity index (χ1n) is 7.76. The van der Waals surface area contributed by atoms with Crippen molar-refractivity contribution in [2.75, 3.05) is 18.5 Å². The Labute approximate surface area is 156 Å². The predicted octanol–water partition coefficient (Wildman–Crippen LogP) is 2.90. The number of halogens is 3. The van der Waals surface area contributed by atoms with Gasteiger partial charge in [-0.25, -0.2) is 0 Å². The van der Waals surface area contributed by atoms with Gasteiger partial charge in [0.15, 0.2) is 6.61 Å². The first kappa shape index (κ1) is 20.7. The Morgan fingerprint density at radius 1 is 1.11 bits per heavy atom. The molecule has 148 valence electrons. The molecule has 2 rings (SSSR count). The van der Waals surface area contributed by atoms with Crippen LogP contribution < -0.4 is 15.4 Å². The van der Waals surface area contributed by atoms with E-state index in [-0.39, 0.29) is 22.7 Å². The van der Waals surface area contributed by atoms with Crippen LogP contribution in [0.1, 0.15) is 10.4 Å². The molecule has 0 radical (unpaired) electrons. The highest BCUT2D eigenvalue weighted by atomic mass is 19.4. The molecule has 0 fully saturated rings. The van der Waals surface area contributed by atoms with Gasteiger partial charge in [0.05, 0.1) is 11.5 Å². The standard InChI is InChI=1S/C17H14F3N3O5/c18-17(19,20)10-28-14-6-4-12(5-7-14)22-15(24)9-21-16(25)11-2-1-3-13(8-11)23(26)27/h1-8H,9-10H2,(H,21,25)(H,22,24). The fourth-order valence-corrected chi connectivity index (χ4v) is 2.03. The van der Waals surface area contributed by atoms with Crippen LogP contribution in [0.5, 0.6) is 5.75 Å². The Morgan fingerprint density at radius 2 is 1.79 bits per heavy atom. The van der Waals surface area contributed by atoms with Gasteiger partial charge in [0.2, 0.25) is 5.91 Å². The lowest BCUT2D eigenvalue weighted by Crippen LogP contribution is -2.32. The third-order valence-electron chi connectivity index (χ3n) is 3.27. The van der Waals surface area contributed by atoms with E-state index < -0.39 is 36.1 Å². The monoisotopic (exact) mass is 397 g/mol. The summed E-state index contributed by atoms with van der Waals surface area (Å²) in [6, 6.07) is 10.2. The topological polar surface area (TPSA) is 111 Å². The van der Waals surface area contributed by atoms with Crippen LogP contribution in [0.2, 0.25) is 0 Å². The third kappa shape index (κ3) is 6.59. The van der Waals surface area contributed by atoms with Gasteiger partial charge < -0.3 is 15.4 Å². The molecule has 0 atom stereocenters. The van der Waals surface area contributed by atoms with E-state index in [4.69, 9.17) is 0 Å². The molecule has 2 amide bonds. The van der Waals surface area contributed by atoms with Gasteiger partial charge >= 0.3 is 6.18 Å². The quantitative estimate of drug-likeness (QED) is 0.551. The number of ether oxygens (including phenoxy) is 1. The lowest BCUT2D eigenvalue weighted by atomic mass is 10.2. The minimum atomic E-state index is -4.45. The van der Waals surface area contributed by atoms with Crippen molar-refractivity contribution in [1.82, 2.24) is 5.32 Å². The lowest BCUT2D eigenvalue weighted by Gasteiger charge is -2.10. The van der Waals surface area contributed by atoms with Crippen molar-refractivity contribution in [2.24, 2.45) is 0 Å². The van der Waals surface area contributed by atoms with Crippen LogP contribution in [-0.4, -0.2) is 36.1 Å². The van der Waals surface area contributed by atoms with Crippen molar-refractivity contribution in [3.8, 4) is 5.75 Å². The van der Waals surface area contributed by atoms with Gasteiger partial charge in [-0.05, 0) is 30.3 Å². The number of nitrogens with one attached hydrogen (secondary N) is 2. The zero-order valence-corrected chi connectivity index (χ0v) is 14.2. The summed E-state index contributed by atoms with van der Waals surface area (Å²) in [5, 5.41) is 15.5. The van der Waals surface area contributed by atoms with E-state index in [2.05, 4.69) is 15.4 Å². The summed E-state index contributed by atoms with van der Waals surface area (Å²) in [6.45, 7) is -1.84. The van der Waals surface area contributed by atoms with Gasteiger partial charge in [0, 0.05) is 23.4 Å². The molecule has 0 aliphatic carbocycles. The van der Waals surface area contributed by atoms with Crippen molar-refractivity contribution in [2.45, 2.75) is 6.18 Å². The number of nitro groups is 1. The smallest absolute Gasteiger partial charge is 0.422 e. The van der Waals surface area contributed by atoms with Crippen LogP contribution in [0, 0.1) is 10.1 Å². The fourth-order valence-electron chi connectivity index (χ4n) is 2.03. The van der Waals surface area contributed by atoms with Crippen molar-refractivity contribution < 1.29 is 32.4 Å². The van der Waals surface area contributed by atoms with Gasteiger partial charge in [-0.1, -0.05) is 6.07 Å². The zero-order valence-electron chi connectivity index (χ0n) is 14.2. The number of amides is 2. The summed E-state index contributed by atoms with van der Waals surface area (Å²) in [4.78, 5) is 33.9. The van der Waals surface area contributed by atoms with Crippen LogP contribution in [0.4, 0.5) is 24.5 Å². The molecule has 2 aromatic rings. The molecule has 8 nitrogen and oxygen atoms in total. The number of non-ortho nitro benzene ring substituents is 1. The number of hydrogen-bond donors (Lipinski definition) is 2. The van der Waals surface area contributed by atoms with Crippen LogP contribution in [0.25, 0.3) is 0 Å². The molecule has 2 aromatic carbocycles.